The molecular weight excluding hydrogens is 283 g/mol. The Balaban J connectivity index is 5.55. The fourth-order valence-electron chi connectivity index (χ4n) is 3.46. The van der Waals surface area contributed by atoms with Crippen LogP contribution < -0.4 is 0 Å². The number of nitrogens with zero attached hydrogens (tertiary/aromatic N) is 3. The predicted octanol–water partition coefficient (Wildman–Crippen LogP) is 2.97. The fourth-order valence-corrected chi connectivity index (χ4v) is 15.2. The van der Waals surface area contributed by atoms with Crippen LogP contribution in [-0.2, 0) is 0 Å². The summed E-state index contributed by atoms with van der Waals surface area (Å²) >= 11 is -2.27. The molecule has 0 fully saturated rings. The first-order valence-electron chi connectivity index (χ1n) is 7.87. The monoisotopic (exact) mass is 319 g/mol. The Morgan fingerprint density at radius 3 is 0.833 bits per heavy atom. The van der Waals surface area contributed by atoms with Crippen LogP contribution in [0.3, 0.4) is 0 Å². The van der Waals surface area contributed by atoms with Gasteiger partial charge in [0.15, 0.2) is 0 Å². The van der Waals surface area contributed by atoms with Crippen molar-refractivity contribution >= 4 is 13.9 Å². The molecule has 0 atom stereocenters. The average Bonchev–Trinajstić information content (AvgIpc) is 2.41. The van der Waals surface area contributed by atoms with Crippen LogP contribution in [0.1, 0.15) is 48.5 Å². The third-order valence-corrected chi connectivity index (χ3v) is 16.6. The summed E-state index contributed by atoms with van der Waals surface area (Å²) in [6.45, 7) is 23.5. The molecule has 0 unspecified atom stereocenters. The summed E-state index contributed by atoms with van der Waals surface area (Å²) in [4.78, 5) is 0. The molecule has 0 saturated carbocycles. The zero-order chi connectivity index (χ0) is 14.2. The van der Waals surface area contributed by atoms with E-state index in [0.29, 0.717) is 0 Å². The molecule has 0 aromatic heterocycles. The fraction of sp³-hybridized carbons (Fsp3) is 1.00. The minimum atomic E-state index is -2.27. The molecule has 0 N–H and O–H groups in total. The van der Waals surface area contributed by atoms with Crippen LogP contribution in [0.5, 0.6) is 0 Å². The van der Waals surface area contributed by atoms with Gasteiger partial charge in [0.1, 0.15) is 0 Å². The molecular formula is C14H35GeN3. The van der Waals surface area contributed by atoms with Crippen molar-refractivity contribution in [3.05, 3.63) is 0 Å². The first-order chi connectivity index (χ1) is 8.62. The van der Waals surface area contributed by atoms with Gasteiger partial charge in [-0.15, -0.1) is 0 Å². The molecule has 0 saturated heterocycles. The Kier molecular flexibility index (Phi) is 9.57. The molecule has 0 aromatic carbocycles. The summed E-state index contributed by atoms with van der Waals surface area (Å²) in [7, 11) is 0. The van der Waals surface area contributed by atoms with E-state index >= 15 is 0 Å². The molecule has 110 valence electrons. The van der Waals surface area contributed by atoms with Crippen molar-refractivity contribution in [2.24, 2.45) is 0 Å². The molecule has 3 nitrogen and oxygen atoms in total. The number of hydrogen-bond acceptors (Lipinski definition) is 3. The number of hydrogen-bond donors (Lipinski definition) is 0. The van der Waals surface area contributed by atoms with Gasteiger partial charge in [-0.25, -0.2) is 0 Å². The zero-order valence-electron chi connectivity index (χ0n) is 13.8. The third kappa shape index (κ3) is 3.50. The summed E-state index contributed by atoms with van der Waals surface area (Å²) in [5, 5.41) is 1.34. The van der Waals surface area contributed by atoms with Gasteiger partial charge in [0.2, 0.25) is 0 Å². The standard InChI is InChI=1S/C14H35GeN3/c1-8-15(16(9-2)10-3,17(11-4)12-5)18(13-6)14-7/h8-14H2,1-7H3. The van der Waals surface area contributed by atoms with Gasteiger partial charge in [0.25, 0.3) is 0 Å². The Morgan fingerprint density at radius 2 is 0.722 bits per heavy atom. The van der Waals surface area contributed by atoms with E-state index < -0.39 is 13.9 Å². The quantitative estimate of drug-likeness (QED) is 0.574. The van der Waals surface area contributed by atoms with Gasteiger partial charge in [0.05, 0.1) is 0 Å². The summed E-state index contributed by atoms with van der Waals surface area (Å²) in [5.74, 6) is 0. The molecule has 0 radical (unpaired) electrons. The van der Waals surface area contributed by atoms with Gasteiger partial charge in [-0.3, -0.25) is 0 Å². The Hall–Kier alpha value is 0.423. The summed E-state index contributed by atoms with van der Waals surface area (Å²) in [5.41, 5.74) is 0. The molecule has 0 spiro atoms. The van der Waals surface area contributed by atoms with E-state index in [0.717, 1.165) is 0 Å². The topological polar surface area (TPSA) is 9.72 Å². The van der Waals surface area contributed by atoms with Gasteiger partial charge < -0.3 is 0 Å². The van der Waals surface area contributed by atoms with Crippen molar-refractivity contribution in [1.82, 2.24) is 11.6 Å². The predicted molar refractivity (Wildman–Crippen MR) is 85.0 cm³/mol. The Bertz CT molecular complexity index is 168. The summed E-state index contributed by atoms with van der Waals surface area (Å²) in [6, 6.07) is 0. The summed E-state index contributed by atoms with van der Waals surface area (Å²) in [6.07, 6.45) is 0. The zero-order valence-corrected chi connectivity index (χ0v) is 15.9. The van der Waals surface area contributed by atoms with Crippen molar-refractivity contribution < 1.29 is 0 Å². The Labute approximate surface area is 119 Å². The van der Waals surface area contributed by atoms with E-state index in [2.05, 4.69) is 60.0 Å². The van der Waals surface area contributed by atoms with Crippen LogP contribution in [0, 0.1) is 0 Å². The van der Waals surface area contributed by atoms with E-state index in [-0.39, 0.29) is 0 Å². The third-order valence-electron chi connectivity index (χ3n) is 4.28. The van der Waals surface area contributed by atoms with Gasteiger partial charge >= 0.3 is 118 Å². The summed E-state index contributed by atoms with van der Waals surface area (Å²) < 4.78 is 8.42. The Morgan fingerprint density at radius 1 is 0.500 bits per heavy atom. The van der Waals surface area contributed by atoms with Gasteiger partial charge in [-0.1, -0.05) is 0 Å². The van der Waals surface area contributed by atoms with Crippen molar-refractivity contribution in [2.45, 2.75) is 53.7 Å². The molecule has 0 aromatic rings. The van der Waals surface area contributed by atoms with Crippen molar-refractivity contribution in [3.8, 4) is 0 Å². The second kappa shape index (κ2) is 9.35. The van der Waals surface area contributed by atoms with Crippen LogP contribution in [0.15, 0.2) is 0 Å². The van der Waals surface area contributed by atoms with Crippen molar-refractivity contribution in [2.75, 3.05) is 39.3 Å². The van der Waals surface area contributed by atoms with Crippen molar-refractivity contribution in [1.29, 1.82) is 0 Å². The van der Waals surface area contributed by atoms with E-state index in [1.165, 1.54) is 44.5 Å². The minimum absolute atomic E-state index is 1.19. The van der Waals surface area contributed by atoms with Crippen LogP contribution in [0.2, 0.25) is 5.25 Å². The van der Waals surface area contributed by atoms with Gasteiger partial charge in [0, 0.05) is 0 Å². The molecule has 0 aliphatic carbocycles. The molecule has 0 aliphatic heterocycles. The molecule has 0 aliphatic rings. The van der Waals surface area contributed by atoms with Crippen molar-refractivity contribution in [3.63, 3.8) is 0 Å². The first-order valence-corrected chi connectivity index (χ1v) is 12.2. The van der Waals surface area contributed by atoms with Gasteiger partial charge in [-0.05, 0) is 0 Å². The normalized spacial score (nSPS) is 13.0. The molecule has 0 amide bonds. The average molecular weight is 318 g/mol. The van der Waals surface area contributed by atoms with E-state index in [1.54, 1.807) is 0 Å². The molecule has 0 bridgehead atoms. The van der Waals surface area contributed by atoms with E-state index in [1.807, 2.05) is 0 Å². The maximum atomic E-state index is 2.81. The van der Waals surface area contributed by atoms with Gasteiger partial charge in [-0.2, -0.15) is 0 Å². The second-order valence-corrected chi connectivity index (χ2v) is 13.4. The second-order valence-electron chi connectivity index (χ2n) is 4.64. The van der Waals surface area contributed by atoms with E-state index in [9.17, 15) is 0 Å². The SMILES string of the molecule is CC[N](CC)[Ge]([CH2]C)([N](CC)CC)[N](CC)CC. The van der Waals surface area contributed by atoms with Crippen LogP contribution >= 0.6 is 0 Å². The number of rotatable bonds is 10. The van der Waals surface area contributed by atoms with Crippen LogP contribution in [0.4, 0.5) is 0 Å². The molecule has 18 heavy (non-hydrogen) atoms. The van der Waals surface area contributed by atoms with Crippen LogP contribution in [-0.4, -0.2) is 64.8 Å². The maximum absolute atomic E-state index is 2.81. The molecule has 0 rings (SSSR count). The van der Waals surface area contributed by atoms with Crippen LogP contribution in [0.25, 0.3) is 0 Å². The first kappa shape index (κ1) is 18.4. The molecule has 0 heterocycles. The molecule has 4 heteroatoms. The van der Waals surface area contributed by atoms with E-state index in [4.69, 9.17) is 0 Å².